The number of hydrogen-bond acceptors (Lipinski definition) is 12. The van der Waals surface area contributed by atoms with E-state index in [1.165, 1.54) is 24.3 Å². The van der Waals surface area contributed by atoms with Crippen molar-refractivity contribution < 1.29 is 56.8 Å². The van der Waals surface area contributed by atoms with E-state index in [0.29, 0.717) is 68.4 Å². The van der Waals surface area contributed by atoms with Gasteiger partial charge in [-0.2, -0.15) is 0 Å². The van der Waals surface area contributed by atoms with Crippen LogP contribution >= 0.6 is 22.6 Å². The highest BCUT2D eigenvalue weighted by Gasteiger charge is 2.51. The van der Waals surface area contributed by atoms with Crippen molar-refractivity contribution in [2.24, 2.45) is 0 Å². The van der Waals surface area contributed by atoms with Crippen LogP contribution in [0.1, 0.15) is 169 Å². The lowest BCUT2D eigenvalue weighted by Gasteiger charge is -2.43. The molecule has 0 aromatic heterocycles. The summed E-state index contributed by atoms with van der Waals surface area (Å²) in [7, 11) is 1.41. The number of nitrogens with zero attached hydrogens (tertiary/aromatic N) is 2. The van der Waals surface area contributed by atoms with Crippen molar-refractivity contribution in [3.05, 3.63) is 190 Å². The Bertz CT molecular complexity index is 3410. The Balaban J connectivity index is 0.000000254. The first-order valence-electron chi connectivity index (χ1n) is 34.0. The number of carbonyl (C=O) groups is 3. The topological polar surface area (TPSA) is 152 Å². The van der Waals surface area contributed by atoms with Gasteiger partial charge in [-0.15, -0.1) is 0 Å². The summed E-state index contributed by atoms with van der Waals surface area (Å²) in [6, 6.07) is 49.9. The summed E-state index contributed by atoms with van der Waals surface area (Å²) in [5.41, 5.74) is 3.47. The maximum Gasteiger partial charge on any atom is 0.410 e. The van der Waals surface area contributed by atoms with Gasteiger partial charge in [-0.1, -0.05) is 176 Å². The molecule has 0 saturated heterocycles. The van der Waals surface area contributed by atoms with Crippen molar-refractivity contribution >= 4 is 78.4 Å². The molecule has 17 heteroatoms. The number of allylic oxidation sites excluding steroid dienone is 1. The van der Waals surface area contributed by atoms with E-state index >= 15 is 0 Å². The third-order valence-electron chi connectivity index (χ3n) is 17.7. The number of aliphatic hydroxyl groups is 1. The van der Waals surface area contributed by atoms with Gasteiger partial charge in [0, 0.05) is 39.1 Å². The van der Waals surface area contributed by atoms with E-state index in [2.05, 4.69) is 199 Å². The average molecular weight is 1470 g/mol. The molecule has 0 spiro atoms. The third-order valence-corrected chi connectivity index (χ3v) is 28.3. The second-order valence-corrected chi connectivity index (χ2v) is 39.1. The Morgan fingerprint density at radius 2 is 0.856 bits per heavy atom. The third kappa shape index (κ3) is 20.9. The fraction of sp³-hybridized carbons (Fsp3) is 0.463. The summed E-state index contributed by atoms with van der Waals surface area (Å²) >= 11 is 2.32. The predicted octanol–water partition coefficient (Wildman–Crippen LogP) is 16.4. The molecule has 2 aliphatic heterocycles. The minimum Gasteiger partial charge on any atom is -0.493 e. The number of rotatable bonds is 25. The summed E-state index contributed by atoms with van der Waals surface area (Å²) in [6.07, 6.45) is 6.66. The van der Waals surface area contributed by atoms with Gasteiger partial charge in [-0.3, -0.25) is 0 Å². The fourth-order valence-corrected chi connectivity index (χ4v) is 22.7. The minimum absolute atomic E-state index is 0.0581. The number of ether oxygens (including phenoxy) is 6. The van der Waals surface area contributed by atoms with Crippen LogP contribution in [0.4, 0.5) is 9.59 Å². The second-order valence-electron chi connectivity index (χ2n) is 29.0. The molecule has 0 bridgehead atoms. The van der Waals surface area contributed by atoms with Crippen LogP contribution in [-0.4, -0.2) is 122 Å². The number of unbranched alkanes of at least 4 members (excludes halogenated alkanes) is 2. The van der Waals surface area contributed by atoms with Gasteiger partial charge < -0.3 is 57.0 Å². The van der Waals surface area contributed by atoms with E-state index in [1.54, 1.807) is 38.2 Å². The zero-order valence-electron chi connectivity index (χ0n) is 60.7. The lowest BCUT2D eigenvalue weighted by atomic mass is 9.87. The molecule has 6 aromatic carbocycles. The molecule has 0 saturated carbocycles. The summed E-state index contributed by atoms with van der Waals surface area (Å²) in [6.45, 7) is 35.5. The Labute approximate surface area is 595 Å². The number of hydrogen-bond donors (Lipinski definition) is 1. The van der Waals surface area contributed by atoms with Gasteiger partial charge in [0.1, 0.15) is 17.5 Å². The summed E-state index contributed by atoms with van der Waals surface area (Å²) in [5, 5.41) is 16.7. The molecule has 2 heterocycles. The lowest BCUT2D eigenvalue weighted by Crippen LogP contribution is -2.66. The molecule has 2 amide bonds. The van der Waals surface area contributed by atoms with E-state index < -0.39 is 52.2 Å². The minimum atomic E-state index is -2.60. The van der Waals surface area contributed by atoms with Gasteiger partial charge >= 0.3 is 12.2 Å². The normalized spacial score (nSPS) is 15.2. The monoisotopic (exact) mass is 1470 g/mol. The van der Waals surface area contributed by atoms with E-state index in [9.17, 15) is 19.5 Å². The zero-order chi connectivity index (χ0) is 71.4. The van der Waals surface area contributed by atoms with E-state index in [-0.39, 0.29) is 22.5 Å². The van der Waals surface area contributed by atoms with Crippen molar-refractivity contribution in [3.8, 4) is 23.0 Å². The summed E-state index contributed by atoms with van der Waals surface area (Å²) < 4.78 is 48.3. The van der Waals surface area contributed by atoms with Gasteiger partial charge in [0.15, 0.2) is 23.0 Å². The number of fused-ring (bicyclic) bond motifs is 2. The average Bonchev–Trinajstić information content (AvgIpc) is 0.766. The van der Waals surface area contributed by atoms with Crippen molar-refractivity contribution in [1.29, 1.82) is 0 Å². The van der Waals surface area contributed by atoms with Crippen molar-refractivity contribution in [3.63, 3.8) is 0 Å². The Morgan fingerprint density at radius 3 is 1.18 bits per heavy atom. The van der Waals surface area contributed by atoms with Crippen LogP contribution in [0.2, 0.25) is 10.1 Å². The molecule has 0 aliphatic carbocycles. The number of aldehydes is 1. The molecule has 2 aliphatic rings. The number of benzene rings is 6. The van der Waals surface area contributed by atoms with Crippen LogP contribution in [0.15, 0.2) is 168 Å². The number of halogens is 1. The highest BCUT2D eigenvalue weighted by molar-refractivity contribution is 14.1. The van der Waals surface area contributed by atoms with Crippen LogP contribution < -0.4 is 39.7 Å². The Morgan fingerprint density at radius 1 is 0.526 bits per heavy atom. The highest BCUT2D eigenvalue weighted by Crippen LogP contribution is 2.44. The second kappa shape index (κ2) is 35.8. The van der Waals surface area contributed by atoms with Crippen LogP contribution in [-0.2, 0) is 36.0 Å². The largest absolute Gasteiger partial charge is 0.493 e. The molecule has 1 unspecified atom stereocenters. The van der Waals surface area contributed by atoms with Gasteiger partial charge in [-0.25, -0.2) is 9.59 Å². The van der Waals surface area contributed by atoms with Crippen molar-refractivity contribution in [1.82, 2.24) is 9.80 Å². The standard InChI is InChI=1S/C40H55NO6Si.C22H29IOSi.C18H25NO5/c1-29(18-16-17-25-46-48(40(5,6)7,31-19-12-10-13-20-31)32-21-14-11-15-22-32)35(42)28-34-33-27-37(45-9)36(44-8)26-30(33)23-24-41(34)38(43)47-39(2,3)4;1-19(23)13-11-12-18-24-25(22(2,3)4,20-14-7-5-8-15-20)21-16-9-6-10-17-21;1-18(2,3)24-17(21)19-8-6-12-10-15(22-4)16(23-5)11-13(12)14(19)7-9-20/h10-15,19-22,26-27,34-35,42H,1,16-18,23-25,28H2,2-9H3;5-10,14-17H,1,11-13,18H2,2-4H3;9-11,14H,6-8H2,1-5H3/t34-,35?;;14-/m1.1/s1. The maximum absolute atomic E-state index is 13.4. The van der Waals surface area contributed by atoms with E-state index in [0.717, 1.165) is 72.8 Å². The molecule has 97 heavy (non-hydrogen) atoms. The molecular formula is C80H109IN2O12Si2. The molecule has 1 N–H and O–H groups in total. The lowest BCUT2D eigenvalue weighted by molar-refractivity contribution is -0.109. The summed E-state index contributed by atoms with van der Waals surface area (Å²) in [5.74, 6) is 2.46. The van der Waals surface area contributed by atoms with Gasteiger partial charge in [0.2, 0.25) is 0 Å². The van der Waals surface area contributed by atoms with Gasteiger partial charge in [-0.05, 0) is 202 Å². The molecule has 526 valence electrons. The first-order valence-corrected chi connectivity index (χ1v) is 38.9. The molecule has 14 nitrogen and oxygen atoms in total. The number of amides is 2. The van der Waals surface area contributed by atoms with Crippen molar-refractivity contribution in [2.45, 2.75) is 187 Å². The van der Waals surface area contributed by atoms with Crippen LogP contribution in [0.3, 0.4) is 0 Å². The molecule has 0 fully saturated rings. The quantitative estimate of drug-likeness (QED) is 0.0191. The van der Waals surface area contributed by atoms with Crippen LogP contribution in [0.5, 0.6) is 23.0 Å². The van der Waals surface area contributed by atoms with E-state index in [4.69, 9.17) is 37.3 Å². The highest BCUT2D eigenvalue weighted by atomic mass is 127. The smallest absolute Gasteiger partial charge is 0.410 e. The maximum atomic E-state index is 13.4. The number of aliphatic hydroxyl groups excluding tert-OH is 1. The van der Waals surface area contributed by atoms with Gasteiger partial charge in [0.05, 0.1) is 46.6 Å². The van der Waals surface area contributed by atoms with Crippen LogP contribution in [0, 0.1) is 0 Å². The molecule has 3 atom stereocenters. The summed E-state index contributed by atoms with van der Waals surface area (Å²) in [4.78, 5) is 40.4. The van der Waals surface area contributed by atoms with E-state index in [1.807, 2.05) is 65.8 Å². The molecule has 8 rings (SSSR count). The molecule has 6 aromatic rings. The van der Waals surface area contributed by atoms with Crippen LogP contribution in [0.25, 0.3) is 0 Å². The Kier molecular flexibility index (Phi) is 29.3. The fourth-order valence-electron chi connectivity index (χ4n) is 13.1. The first kappa shape index (κ1) is 79.2. The zero-order valence-corrected chi connectivity index (χ0v) is 64.8. The predicted molar refractivity (Wildman–Crippen MR) is 406 cm³/mol. The van der Waals surface area contributed by atoms with Gasteiger partial charge in [0.25, 0.3) is 16.6 Å². The first-order chi connectivity index (χ1) is 45.9. The molecular weight excluding hydrogens is 1360 g/mol. The Hall–Kier alpha value is -6.75. The SMILES string of the molecule is C=C(CCCCO[Si](c1ccccc1)(c1ccccc1)C(C)(C)C)C(O)C[C@@H]1c2cc(OC)c(OC)cc2CCN1C(=O)OC(C)(C)C.C=C(I)CCCCO[Si](c1ccccc1)(c1ccccc1)C(C)(C)C.COc1cc2c(cc1OC)[C@@H](CC=O)N(C(=O)OC(C)(C)C)CC2. The molecule has 0 radical (unpaired) electrons. The number of methoxy groups -OCH3 is 4. The van der Waals surface area contributed by atoms with Crippen molar-refractivity contribution in [2.75, 3.05) is 54.7 Å². The number of carbonyl (C=O) groups excluding carboxylic acids is 3.